The molecule has 26 heavy (non-hydrogen) atoms. The molecular formula is C20H26N3O3+. The van der Waals surface area contributed by atoms with E-state index in [0.29, 0.717) is 12.2 Å². The molecule has 0 fully saturated rings. The lowest BCUT2D eigenvalue weighted by atomic mass is 10.1. The van der Waals surface area contributed by atoms with Crippen molar-refractivity contribution in [3.63, 3.8) is 0 Å². The predicted octanol–water partition coefficient (Wildman–Crippen LogP) is 0.773. The minimum Gasteiger partial charge on any atom is -0.497 e. The number of carbonyl (C=O) groups excluding carboxylic acids is 2. The number of likely N-dealkylation sites (N-methyl/N-ethyl adjacent to an activating group) is 1. The minimum atomic E-state index is -0.139. The zero-order valence-corrected chi connectivity index (χ0v) is 15.5. The van der Waals surface area contributed by atoms with Gasteiger partial charge < -0.3 is 20.3 Å². The van der Waals surface area contributed by atoms with E-state index in [4.69, 9.17) is 4.74 Å². The van der Waals surface area contributed by atoms with Crippen LogP contribution in [-0.4, -0.2) is 39.1 Å². The van der Waals surface area contributed by atoms with Gasteiger partial charge in [-0.1, -0.05) is 24.3 Å². The van der Waals surface area contributed by atoms with Gasteiger partial charge in [0.25, 0.3) is 11.8 Å². The molecular weight excluding hydrogens is 330 g/mol. The predicted molar refractivity (Wildman–Crippen MR) is 101 cm³/mol. The number of rotatable bonds is 8. The number of nitrogens with one attached hydrogen (secondary N) is 3. The number of benzene rings is 2. The molecule has 0 saturated carbocycles. The zero-order valence-electron chi connectivity index (χ0n) is 15.5. The van der Waals surface area contributed by atoms with Crippen LogP contribution in [0.3, 0.4) is 0 Å². The molecule has 0 aromatic heterocycles. The van der Waals surface area contributed by atoms with Gasteiger partial charge in [-0.25, -0.2) is 0 Å². The Morgan fingerprint density at radius 1 is 1.00 bits per heavy atom. The molecule has 2 aromatic carbocycles. The van der Waals surface area contributed by atoms with Gasteiger partial charge in [0, 0.05) is 12.2 Å². The number of anilines is 1. The fourth-order valence-corrected chi connectivity index (χ4v) is 2.55. The molecule has 0 saturated heterocycles. The molecule has 0 spiro atoms. The summed E-state index contributed by atoms with van der Waals surface area (Å²) in [6.07, 6.45) is 0. The Bertz CT molecular complexity index is 744. The first-order valence-corrected chi connectivity index (χ1v) is 8.54. The van der Waals surface area contributed by atoms with Crippen molar-refractivity contribution in [1.82, 2.24) is 5.32 Å². The summed E-state index contributed by atoms with van der Waals surface area (Å²) in [4.78, 5) is 25.0. The summed E-state index contributed by atoms with van der Waals surface area (Å²) >= 11 is 0. The standard InChI is InChI=1S/C20H25N3O3/c1-15-6-4-5-7-16(15)12-21-19(24)13-23(2)14-20(25)22-17-8-10-18(26-3)11-9-17/h4-11H,12-14H2,1-3H3,(H,21,24)(H,22,25)/p+1. The molecule has 6 heteroatoms. The zero-order chi connectivity index (χ0) is 18.9. The highest BCUT2D eigenvalue weighted by atomic mass is 16.5. The molecule has 0 aliphatic carbocycles. The number of quaternary nitrogens is 1. The van der Waals surface area contributed by atoms with E-state index in [0.717, 1.165) is 21.8 Å². The van der Waals surface area contributed by atoms with Crippen LogP contribution in [0.15, 0.2) is 48.5 Å². The second-order valence-corrected chi connectivity index (χ2v) is 6.29. The van der Waals surface area contributed by atoms with Crippen LogP contribution in [0.1, 0.15) is 11.1 Å². The molecule has 2 amide bonds. The summed E-state index contributed by atoms with van der Waals surface area (Å²) in [5.74, 6) is 0.512. The molecule has 2 rings (SSSR count). The van der Waals surface area contributed by atoms with Crippen LogP contribution in [0, 0.1) is 6.92 Å². The first-order chi connectivity index (χ1) is 12.5. The summed E-state index contributed by atoms with van der Waals surface area (Å²) in [7, 11) is 3.41. The van der Waals surface area contributed by atoms with E-state index < -0.39 is 0 Å². The molecule has 0 aliphatic rings. The Morgan fingerprint density at radius 3 is 2.31 bits per heavy atom. The lowest BCUT2D eigenvalue weighted by Gasteiger charge is -2.14. The Hall–Kier alpha value is -2.86. The van der Waals surface area contributed by atoms with Crippen LogP contribution >= 0.6 is 0 Å². The quantitative estimate of drug-likeness (QED) is 0.654. The van der Waals surface area contributed by atoms with Crippen LogP contribution in [0.5, 0.6) is 5.75 Å². The van der Waals surface area contributed by atoms with Gasteiger partial charge in [0.2, 0.25) is 0 Å². The molecule has 0 heterocycles. The van der Waals surface area contributed by atoms with Crippen LogP contribution in [0.4, 0.5) is 5.69 Å². The largest absolute Gasteiger partial charge is 0.497 e. The Balaban J connectivity index is 1.74. The third kappa shape index (κ3) is 6.22. The number of aryl methyl sites for hydroxylation is 1. The van der Waals surface area contributed by atoms with Crippen LogP contribution < -0.4 is 20.3 Å². The smallest absolute Gasteiger partial charge is 0.279 e. The summed E-state index contributed by atoms with van der Waals surface area (Å²) in [6, 6.07) is 15.1. The number of methoxy groups -OCH3 is 1. The fraction of sp³-hybridized carbons (Fsp3) is 0.300. The van der Waals surface area contributed by atoms with Crippen molar-refractivity contribution >= 4 is 17.5 Å². The van der Waals surface area contributed by atoms with E-state index in [9.17, 15) is 9.59 Å². The van der Waals surface area contributed by atoms with Crippen molar-refractivity contribution in [2.45, 2.75) is 13.5 Å². The van der Waals surface area contributed by atoms with Gasteiger partial charge in [-0.2, -0.15) is 0 Å². The van der Waals surface area contributed by atoms with Crippen LogP contribution in [0.2, 0.25) is 0 Å². The third-order valence-corrected chi connectivity index (χ3v) is 4.04. The van der Waals surface area contributed by atoms with Gasteiger partial charge in [0.15, 0.2) is 13.1 Å². The van der Waals surface area contributed by atoms with Crippen molar-refractivity contribution in [2.24, 2.45) is 0 Å². The highest BCUT2D eigenvalue weighted by Gasteiger charge is 2.14. The Labute approximate surface area is 154 Å². The number of carbonyl (C=O) groups is 2. The van der Waals surface area contributed by atoms with Gasteiger partial charge in [-0.3, -0.25) is 9.59 Å². The highest BCUT2D eigenvalue weighted by molar-refractivity contribution is 5.91. The van der Waals surface area contributed by atoms with E-state index in [1.165, 1.54) is 0 Å². The van der Waals surface area contributed by atoms with E-state index in [1.807, 2.05) is 38.2 Å². The lowest BCUT2D eigenvalue weighted by molar-refractivity contribution is -0.862. The average Bonchev–Trinajstić information content (AvgIpc) is 2.61. The average molecular weight is 356 g/mol. The second-order valence-electron chi connectivity index (χ2n) is 6.29. The van der Waals surface area contributed by atoms with E-state index in [-0.39, 0.29) is 24.9 Å². The maximum Gasteiger partial charge on any atom is 0.279 e. The molecule has 0 aliphatic heterocycles. The van der Waals surface area contributed by atoms with Crippen molar-refractivity contribution in [3.05, 3.63) is 59.7 Å². The van der Waals surface area contributed by atoms with Gasteiger partial charge in [-0.05, 0) is 42.3 Å². The second kappa shape index (κ2) is 9.58. The molecule has 6 nitrogen and oxygen atoms in total. The molecule has 0 bridgehead atoms. The normalized spacial score (nSPS) is 11.5. The molecule has 2 aromatic rings. The van der Waals surface area contributed by atoms with E-state index in [2.05, 4.69) is 10.6 Å². The van der Waals surface area contributed by atoms with Crippen LogP contribution in [0.25, 0.3) is 0 Å². The SMILES string of the molecule is COc1ccc(NC(=O)C[NH+](C)CC(=O)NCc2ccccc2C)cc1. The van der Waals surface area contributed by atoms with Gasteiger partial charge in [-0.15, -0.1) is 0 Å². The number of hydrogen-bond donors (Lipinski definition) is 3. The van der Waals surface area contributed by atoms with Crippen molar-refractivity contribution in [3.8, 4) is 5.75 Å². The fourth-order valence-electron chi connectivity index (χ4n) is 2.55. The number of amides is 2. The molecule has 0 radical (unpaired) electrons. The molecule has 1 unspecified atom stereocenters. The van der Waals surface area contributed by atoms with Crippen molar-refractivity contribution < 1.29 is 19.2 Å². The highest BCUT2D eigenvalue weighted by Crippen LogP contribution is 2.14. The summed E-state index contributed by atoms with van der Waals surface area (Å²) < 4.78 is 5.08. The monoisotopic (exact) mass is 356 g/mol. The van der Waals surface area contributed by atoms with E-state index >= 15 is 0 Å². The first-order valence-electron chi connectivity index (χ1n) is 8.54. The topological polar surface area (TPSA) is 71.9 Å². The molecule has 3 N–H and O–H groups in total. The third-order valence-electron chi connectivity index (χ3n) is 4.04. The van der Waals surface area contributed by atoms with E-state index in [1.54, 1.807) is 31.4 Å². The summed E-state index contributed by atoms with van der Waals surface area (Å²) in [5, 5.41) is 5.72. The lowest BCUT2D eigenvalue weighted by Crippen LogP contribution is -3.11. The maximum absolute atomic E-state index is 12.1. The Kier molecular flexibility index (Phi) is 7.17. The van der Waals surface area contributed by atoms with Crippen LogP contribution in [-0.2, 0) is 16.1 Å². The molecule has 1 atom stereocenters. The van der Waals surface area contributed by atoms with Crippen molar-refractivity contribution in [1.29, 1.82) is 0 Å². The minimum absolute atomic E-state index is 0.0806. The molecule has 138 valence electrons. The van der Waals surface area contributed by atoms with Gasteiger partial charge >= 0.3 is 0 Å². The summed E-state index contributed by atoms with van der Waals surface area (Å²) in [6.45, 7) is 2.96. The number of hydrogen-bond acceptors (Lipinski definition) is 3. The first kappa shape index (κ1) is 19.5. The maximum atomic E-state index is 12.1. The van der Waals surface area contributed by atoms with Gasteiger partial charge in [0.05, 0.1) is 14.2 Å². The van der Waals surface area contributed by atoms with Crippen molar-refractivity contribution in [2.75, 3.05) is 32.6 Å². The Morgan fingerprint density at radius 2 is 1.65 bits per heavy atom. The summed E-state index contributed by atoms with van der Waals surface area (Å²) in [5.41, 5.74) is 2.94. The number of ether oxygens (including phenoxy) is 1. The van der Waals surface area contributed by atoms with Gasteiger partial charge in [0.1, 0.15) is 5.75 Å².